The Morgan fingerprint density at radius 1 is 1.17 bits per heavy atom. The van der Waals surface area contributed by atoms with E-state index in [1.54, 1.807) is 32.0 Å². The highest BCUT2D eigenvalue weighted by molar-refractivity contribution is 7.98. The molecule has 0 saturated carbocycles. The van der Waals surface area contributed by atoms with Crippen LogP contribution in [0.4, 0.5) is 0 Å². The van der Waals surface area contributed by atoms with Gasteiger partial charge < -0.3 is 9.84 Å². The number of hydrogen-bond donors (Lipinski definition) is 1. The van der Waals surface area contributed by atoms with Crippen LogP contribution in [0.15, 0.2) is 59.6 Å². The number of nitriles is 1. The quantitative estimate of drug-likeness (QED) is 0.329. The molecule has 0 amide bonds. The fourth-order valence-corrected chi connectivity index (χ4v) is 3.59. The van der Waals surface area contributed by atoms with Gasteiger partial charge in [0.25, 0.3) is 0 Å². The number of ether oxygens (including phenoxy) is 1. The van der Waals surface area contributed by atoms with Crippen LogP contribution >= 0.6 is 11.8 Å². The number of aromatic nitrogens is 2. The molecule has 0 fully saturated rings. The molecule has 30 heavy (non-hydrogen) atoms. The number of benzene rings is 2. The zero-order valence-corrected chi connectivity index (χ0v) is 17.5. The van der Waals surface area contributed by atoms with E-state index >= 15 is 0 Å². The maximum Gasteiger partial charge on any atom is 0.336 e. The molecule has 0 unspecified atom stereocenters. The van der Waals surface area contributed by atoms with E-state index in [2.05, 4.69) is 16.0 Å². The molecule has 6 nitrogen and oxygen atoms in total. The van der Waals surface area contributed by atoms with Crippen molar-refractivity contribution in [3.05, 3.63) is 71.6 Å². The van der Waals surface area contributed by atoms with Crippen LogP contribution < -0.4 is 4.74 Å². The van der Waals surface area contributed by atoms with Crippen LogP contribution in [0.1, 0.15) is 23.9 Å². The first-order chi connectivity index (χ1) is 14.5. The van der Waals surface area contributed by atoms with Gasteiger partial charge in [-0.2, -0.15) is 10.2 Å². The Morgan fingerprint density at radius 2 is 1.87 bits per heavy atom. The van der Waals surface area contributed by atoms with Crippen LogP contribution in [0.2, 0.25) is 0 Å². The average Bonchev–Trinajstić information content (AvgIpc) is 2.75. The lowest BCUT2D eigenvalue weighted by atomic mass is 10.0. The molecule has 1 N–H and O–H groups in total. The van der Waals surface area contributed by atoms with E-state index < -0.39 is 5.97 Å². The zero-order valence-electron chi connectivity index (χ0n) is 16.7. The minimum absolute atomic E-state index is 0.0761. The van der Waals surface area contributed by atoms with Crippen molar-refractivity contribution in [2.45, 2.75) is 18.9 Å². The van der Waals surface area contributed by atoms with Gasteiger partial charge in [0.2, 0.25) is 5.88 Å². The zero-order chi connectivity index (χ0) is 21.7. The second kappa shape index (κ2) is 9.25. The molecule has 0 aliphatic carbocycles. The molecule has 0 radical (unpaired) electrons. The molecule has 0 aliphatic rings. The molecular weight excluding hydrogens is 398 g/mol. The number of carboxylic acid groups (broad SMARTS) is 1. The van der Waals surface area contributed by atoms with Crippen LogP contribution in [-0.2, 0) is 4.79 Å². The highest BCUT2D eigenvalue weighted by Crippen LogP contribution is 2.36. The van der Waals surface area contributed by atoms with Gasteiger partial charge in [-0.3, -0.25) is 0 Å². The molecule has 0 saturated heterocycles. The number of carbonyl (C=O) groups is 1. The Morgan fingerprint density at radius 3 is 2.50 bits per heavy atom. The minimum atomic E-state index is -1.08. The third-order valence-corrected chi connectivity index (χ3v) is 4.99. The summed E-state index contributed by atoms with van der Waals surface area (Å²) in [7, 11) is 0. The lowest BCUT2D eigenvalue weighted by Gasteiger charge is -2.15. The number of hydrogen-bond acceptors (Lipinski definition) is 6. The Kier molecular flexibility index (Phi) is 6.50. The summed E-state index contributed by atoms with van der Waals surface area (Å²) >= 11 is 1.33. The number of thioether (sulfide) groups is 1. The standard InChI is InChI=1S/C23H19N3O3S/c1-4-19(23(27)28)20-21(25-14(2)26-22(20)30-3)29-18-10-6-9-17(12-18)16-8-5-7-15(11-16)13-24/h4-12H,1-3H3,(H,27,28). The molecule has 0 atom stereocenters. The van der Waals surface area contributed by atoms with E-state index in [9.17, 15) is 9.90 Å². The predicted molar refractivity (Wildman–Crippen MR) is 117 cm³/mol. The van der Waals surface area contributed by atoms with Gasteiger partial charge in [-0.15, -0.1) is 11.8 Å². The number of nitrogens with zero attached hydrogens (tertiary/aromatic N) is 3. The topological polar surface area (TPSA) is 96.1 Å². The van der Waals surface area contributed by atoms with Gasteiger partial charge in [0, 0.05) is 0 Å². The van der Waals surface area contributed by atoms with Gasteiger partial charge in [0.15, 0.2) is 0 Å². The summed E-state index contributed by atoms with van der Waals surface area (Å²) in [6, 6.07) is 16.8. The Bertz CT molecular complexity index is 1180. The number of aryl methyl sites for hydroxylation is 1. The summed E-state index contributed by atoms with van der Waals surface area (Å²) in [5.74, 6) is 0.0939. The van der Waals surface area contributed by atoms with Crippen molar-refractivity contribution in [2.75, 3.05) is 6.26 Å². The largest absolute Gasteiger partial charge is 0.478 e. The predicted octanol–water partition coefficient (Wildman–Crippen LogP) is 5.33. The fourth-order valence-electron chi connectivity index (χ4n) is 2.97. The summed E-state index contributed by atoms with van der Waals surface area (Å²) in [5, 5.41) is 19.3. The van der Waals surface area contributed by atoms with Gasteiger partial charge in [-0.25, -0.2) is 9.78 Å². The van der Waals surface area contributed by atoms with E-state index in [4.69, 9.17) is 10.00 Å². The van der Waals surface area contributed by atoms with E-state index in [1.807, 2.05) is 36.6 Å². The van der Waals surface area contributed by atoms with Gasteiger partial charge in [0.1, 0.15) is 16.6 Å². The van der Waals surface area contributed by atoms with Gasteiger partial charge >= 0.3 is 5.97 Å². The average molecular weight is 417 g/mol. The number of aliphatic carboxylic acids is 1. The van der Waals surface area contributed by atoms with Gasteiger partial charge in [0.05, 0.1) is 22.8 Å². The first kappa shape index (κ1) is 21.1. The van der Waals surface area contributed by atoms with Crippen molar-refractivity contribution in [3.63, 3.8) is 0 Å². The van der Waals surface area contributed by atoms with Crippen molar-refractivity contribution in [2.24, 2.45) is 0 Å². The third-order valence-electron chi connectivity index (χ3n) is 4.31. The second-order valence-electron chi connectivity index (χ2n) is 6.29. The van der Waals surface area contributed by atoms with Crippen molar-refractivity contribution in [1.82, 2.24) is 9.97 Å². The minimum Gasteiger partial charge on any atom is -0.478 e. The number of carboxylic acids is 1. The first-order valence-electron chi connectivity index (χ1n) is 9.08. The summed E-state index contributed by atoms with van der Waals surface area (Å²) in [6.07, 6.45) is 3.33. The smallest absolute Gasteiger partial charge is 0.336 e. The Hall–Kier alpha value is -3.63. The normalized spacial score (nSPS) is 11.1. The van der Waals surface area contributed by atoms with Gasteiger partial charge in [-0.1, -0.05) is 30.3 Å². The second-order valence-corrected chi connectivity index (χ2v) is 7.09. The molecule has 0 aliphatic heterocycles. The highest BCUT2D eigenvalue weighted by Gasteiger charge is 2.23. The Balaban J connectivity index is 2.08. The maximum atomic E-state index is 11.8. The lowest BCUT2D eigenvalue weighted by molar-refractivity contribution is -0.130. The van der Waals surface area contributed by atoms with Gasteiger partial charge in [-0.05, 0) is 55.5 Å². The van der Waals surface area contributed by atoms with E-state index in [0.717, 1.165) is 11.1 Å². The molecule has 2 aromatic carbocycles. The molecule has 1 heterocycles. The molecular formula is C23H19N3O3S. The summed E-state index contributed by atoms with van der Waals surface area (Å²) in [5.41, 5.74) is 2.73. The monoisotopic (exact) mass is 417 g/mol. The van der Waals surface area contributed by atoms with Crippen molar-refractivity contribution in [1.29, 1.82) is 5.26 Å². The molecule has 3 aromatic rings. The third kappa shape index (κ3) is 4.50. The van der Waals surface area contributed by atoms with Crippen molar-refractivity contribution in [3.8, 4) is 28.8 Å². The highest BCUT2D eigenvalue weighted by atomic mass is 32.2. The molecule has 1 aromatic heterocycles. The summed E-state index contributed by atoms with van der Waals surface area (Å²) in [6.45, 7) is 3.39. The number of rotatable bonds is 6. The summed E-state index contributed by atoms with van der Waals surface area (Å²) < 4.78 is 6.05. The first-order valence-corrected chi connectivity index (χ1v) is 10.3. The van der Waals surface area contributed by atoms with Crippen LogP contribution in [0.3, 0.4) is 0 Å². The van der Waals surface area contributed by atoms with Crippen molar-refractivity contribution < 1.29 is 14.6 Å². The number of allylic oxidation sites excluding steroid dienone is 1. The van der Waals surface area contributed by atoms with E-state index in [-0.39, 0.29) is 11.5 Å². The maximum absolute atomic E-state index is 11.8. The van der Waals surface area contributed by atoms with E-state index in [1.165, 1.54) is 17.8 Å². The molecule has 0 spiro atoms. The van der Waals surface area contributed by atoms with Crippen molar-refractivity contribution >= 4 is 23.3 Å². The van der Waals surface area contributed by atoms with Crippen LogP contribution in [0.25, 0.3) is 16.7 Å². The molecule has 3 rings (SSSR count). The summed E-state index contributed by atoms with van der Waals surface area (Å²) in [4.78, 5) is 20.5. The fraction of sp³-hybridized carbons (Fsp3) is 0.130. The molecule has 7 heteroatoms. The Labute approximate surface area is 178 Å². The van der Waals surface area contributed by atoms with E-state index in [0.29, 0.717) is 27.7 Å². The lowest BCUT2D eigenvalue weighted by Crippen LogP contribution is -2.07. The SMILES string of the molecule is CC=C(C(=O)O)c1c(Oc2cccc(-c3cccc(C#N)c3)c2)nc(C)nc1SC. The van der Waals surface area contributed by atoms with Crippen LogP contribution in [0.5, 0.6) is 11.6 Å². The van der Waals surface area contributed by atoms with Crippen LogP contribution in [-0.4, -0.2) is 27.3 Å². The molecule has 150 valence electrons. The molecule has 0 bridgehead atoms. The van der Waals surface area contributed by atoms with Crippen LogP contribution in [0, 0.1) is 18.3 Å².